The van der Waals surface area contributed by atoms with Gasteiger partial charge >= 0.3 is 0 Å². The molecule has 1 N–H and O–H groups in total. The minimum Gasteiger partial charge on any atom is -0.359 e. The predicted molar refractivity (Wildman–Crippen MR) is 62.3 cm³/mol. The predicted octanol–water partition coefficient (Wildman–Crippen LogP) is 2.63. The first-order chi connectivity index (χ1) is 7.29. The second kappa shape index (κ2) is 4.36. The number of imidazole rings is 1. The Labute approximate surface area is 93.7 Å². The third-order valence-corrected chi connectivity index (χ3v) is 2.46. The van der Waals surface area contributed by atoms with E-state index in [4.69, 9.17) is 11.6 Å². The second-order valence-corrected chi connectivity index (χ2v) is 3.69. The van der Waals surface area contributed by atoms with Gasteiger partial charge in [0.25, 0.3) is 0 Å². The summed E-state index contributed by atoms with van der Waals surface area (Å²) in [5.41, 5.74) is 1.20. The van der Waals surface area contributed by atoms with Crippen molar-refractivity contribution in [3.63, 3.8) is 0 Å². The molecule has 15 heavy (non-hydrogen) atoms. The maximum absolute atomic E-state index is 5.82. The van der Waals surface area contributed by atoms with Gasteiger partial charge in [0.05, 0.1) is 6.54 Å². The van der Waals surface area contributed by atoms with E-state index in [-0.39, 0.29) is 0 Å². The van der Waals surface area contributed by atoms with Crippen molar-refractivity contribution in [2.45, 2.75) is 6.54 Å². The molecule has 0 atom stereocenters. The lowest BCUT2D eigenvalue weighted by atomic mass is 10.2. The number of anilines is 1. The molecule has 78 valence electrons. The summed E-state index contributed by atoms with van der Waals surface area (Å²) in [6.45, 7) is 0.799. The van der Waals surface area contributed by atoms with E-state index >= 15 is 0 Å². The van der Waals surface area contributed by atoms with Crippen LogP contribution in [0.3, 0.4) is 0 Å². The quantitative estimate of drug-likeness (QED) is 0.864. The van der Waals surface area contributed by atoms with E-state index in [0.29, 0.717) is 0 Å². The third kappa shape index (κ3) is 2.30. The van der Waals surface area contributed by atoms with Gasteiger partial charge in [-0.2, -0.15) is 0 Å². The minimum atomic E-state index is 0.762. The smallest absolute Gasteiger partial charge is 0.202 e. The highest BCUT2D eigenvalue weighted by Gasteiger charge is 2.00. The van der Waals surface area contributed by atoms with Gasteiger partial charge in [0.2, 0.25) is 5.95 Å². The summed E-state index contributed by atoms with van der Waals surface area (Å²) in [4.78, 5) is 4.17. The number of nitrogens with zero attached hydrogens (tertiary/aromatic N) is 2. The molecular weight excluding hydrogens is 210 g/mol. The Hall–Kier alpha value is -1.48. The lowest BCUT2D eigenvalue weighted by molar-refractivity contribution is 0.805. The molecule has 2 aromatic rings. The number of rotatable bonds is 3. The first-order valence-electron chi connectivity index (χ1n) is 4.73. The van der Waals surface area contributed by atoms with Crippen molar-refractivity contribution in [2.75, 3.05) is 12.4 Å². The van der Waals surface area contributed by atoms with Crippen molar-refractivity contribution in [1.29, 1.82) is 0 Å². The van der Waals surface area contributed by atoms with Gasteiger partial charge in [-0.15, -0.1) is 0 Å². The van der Waals surface area contributed by atoms with Crippen LogP contribution in [0, 0.1) is 0 Å². The van der Waals surface area contributed by atoms with Gasteiger partial charge in [0.1, 0.15) is 0 Å². The monoisotopic (exact) mass is 221 g/mol. The average molecular weight is 222 g/mol. The Kier molecular flexibility index (Phi) is 2.92. The molecule has 0 saturated carbocycles. The summed E-state index contributed by atoms with van der Waals surface area (Å²) in [5.74, 6) is 0.866. The maximum atomic E-state index is 5.82. The molecule has 1 aromatic carbocycles. The SMILES string of the molecule is CNc1nccn1Cc1ccc(Cl)cc1. The van der Waals surface area contributed by atoms with Crippen LogP contribution in [0.5, 0.6) is 0 Å². The molecule has 1 aromatic heterocycles. The van der Waals surface area contributed by atoms with Gasteiger partial charge in [-0.3, -0.25) is 0 Å². The number of halogens is 1. The highest BCUT2D eigenvalue weighted by molar-refractivity contribution is 6.30. The largest absolute Gasteiger partial charge is 0.359 e. The van der Waals surface area contributed by atoms with Gasteiger partial charge in [-0.05, 0) is 17.7 Å². The molecule has 3 nitrogen and oxygen atoms in total. The van der Waals surface area contributed by atoms with Gasteiger partial charge in [0, 0.05) is 24.5 Å². The summed E-state index contributed by atoms with van der Waals surface area (Å²) in [6.07, 6.45) is 3.72. The van der Waals surface area contributed by atoms with Crippen LogP contribution in [0.4, 0.5) is 5.95 Å². The summed E-state index contributed by atoms with van der Waals surface area (Å²) in [5, 5.41) is 3.80. The summed E-state index contributed by atoms with van der Waals surface area (Å²) < 4.78 is 2.04. The Balaban J connectivity index is 2.18. The van der Waals surface area contributed by atoms with Crippen molar-refractivity contribution in [2.24, 2.45) is 0 Å². The van der Waals surface area contributed by atoms with Gasteiger partial charge in [-0.25, -0.2) is 4.98 Å². The molecule has 0 amide bonds. The molecule has 0 unspecified atom stereocenters. The number of aromatic nitrogens is 2. The molecule has 0 saturated heterocycles. The Morgan fingerprint density at radius 2 is 2.07 bits per heavy atom. The second-order valence-electron chi connectivity index (χ2n) is 3.26. The maximum Gasteiger partial charge on any atom is 0.202 e. The van der Waals surface area contributed by atoms with Crippen LogP contribution in [0.1, 0.15) is 5.56 Å². The molecule has 0 spiro atoms. The fourth-order valence-corrected chi connectivity index (χ4v) is 1.58. The first kappa shape index (κ1) is 10.1. The minimum absolute atomic E-state index is 0.762. The van der Waals surface area contributed by atoms with Crippen LogP contribution < -0.4 is 5.32 Å². The third-order valence-electron chi connectivity index (χ3n) is 2.21. The van der Waals surface area contributed by atoms with E-state index in [2.05, 4.69) is 10.3 Å². The highest BCUT2D eigenvalue weighted by atomic mass is 35.5. The summed E-state index contributed by atoms with van der Waals surface area (Å²) in [6, 6.07) is 7.82. The zero-order valence-electron chi connectivity index (χ0n) is 8.44. The fourth-order valence-electron chi connectivity index (χ4n) is 1.45. The van der Waals surface area contributed by atoms with Crippen LogP contribution in [-0.2, 0) is 6.54 Å². The fraction of sp³-hybridized carbons (Fsp3) is 0.182. The van der Waals surface area contributed by atoms with Gasteiger partial charge in [-0.1, -0.05) is 23.7 Å². The zero-order chi connectivity index (χ0) is 10.7. The number of nitrogens with one attached hydrogen (secondary N) is 1. The van der Waals surface area contributed by atoms with E-state index in [1.165, 1.54) is 5.56 Å². The molecule has 0 fully saturated rings. The lowest BCUT2D eigenvalue weighted by Crippen LogP contribution is -2.03. The molecule has 0 aliphatic rings. The lowest BCUT2D eigenvalue weighted by Gasteiger charge is -2.06. The van der Waals surface area contributed by atoms with Crippen molar-refractivity contribution in [3.05, 3.63) is 47.2 Å². The number of hydrogen-bond acceptors (Lipinski definition) is 2. The van der Waals surface area contributed by atoms with Crippen molar-refractivity contribution in [3.8, 4) is 0 Å². The van der Waals surface area contributed by atoms with Crippen molar-refractivity contribution in [1.82, 2.24) is 9.55 Å². The number of hydrogen-bond donors (Lipinski definition) is 1. The normalized spacial score (nSPS) is 10.3. The van der Waals surface area contributed by atoms with Gasteiger partial charge < -0.3 is 9.88 Å². The van der Waals surface area contributed by atoms with E-state index < -0.39 is 0 Å². The highest BCUT2D eigenvalue weighted by Crippen LogP contribution is 2.12. The molecule has 1 heterocycles. The molecule has 2 rings (SSSR count). The standard InChI is InChI=1S/C11H12ClN3/c1-13-11-14-6-7-15(11)8-9-2-4-10(12)5-3-9/h2-7H,8H2,1H3,(H,13,14). The molecule has 0 aliphatic carbocycles. The van der Waals surface area contributed by atoms with Gasteiger partial charge in [0.15, 0.2) is 0 Å². The zero-order valence-corrected chi connectivity index (χ0v) is 9.20. The molecule has 0 radical (unpaired) electrons. The average Bonchev–Trinajstić information content (AvgIpc) is 2.69. The van der Waals surface area contributed by atoms with Crippen molar-refractivity contribution < 1.29 is 0 Å². The van der Waals surface area contributed by atoms with E-state index in [1.807, 2.05) is 42.1 Å². The van der Waals surface area contributed by atoms with Crippen LogP contribution in [0.25, 0.3) is 0 Å². The van der Waals surface area contributed by atoms with Crippen LogP contribution in [0.2, 0.25) is 5.02 Å². The van der Waals surface area contributed by atoms with E-state index in [9.17, 15) is 0 Å². The van der Waals surface area contributed by atoms with Crippen molar-refractivity contribution >= 4 is 17.5 Å². The topological polar surface area (TPSA) is 29.9 Å². The van der Waals surface area contributed by atoms with E-state index in [0.717, 1.165) is 17.5 Å². The van der Waals surface area contributed by atoms with Crippen LogP contribution in [0.15, 0.2) is 36.7 Å². The Morgan fingerprint density at radius 3 is 2.73 bits per heavy atom. The summed E-state index contributed by atoms with van der Waals surface area (Å²) >= 11 is 5.82. The first-order valence-corrected chi connectivity index (χ1v) is 5.11. The Bertz CT molecular complexity index is 433. The number of benzene rings is 1. The molecule has 0 bridgehead atoms. The Morgan fingerprint density at radius 1 is 1.33 bits per heavy atom. The van der Waals surface area contributed by atoms with Crippen LogP contribution >= 0.6 is 11.6 Å². The molecule has 4 heteroatoms. The van der Waals surface area contributed by atoms with E-state index in [1.54, 1.807) is 6.20 Å². The molecular formula is C11H12ClN3. The summed E-state index contributed by atoms with van der Waals surface area (Å²) in [7, 11) is 1.86. The molecule has 0 aliphatic heterocycles. The van der Waals surface area contributed by atoms with Crippen LogP contribution in [-0.4, -0.2) is 16.6 Å².